The Morgan fingerprint density at radius 2 is 1.96 bits per heavy atom. The van der Waals surface area contributed by atoms with Gasteiger partial charge in [0, 0.05) is 6.54 Å². The highest BCUT2D eigenvalue weighted by Crippen LogP contribution is 2.19. The summed E-state index contributed by atoms with van der Waals surface area (Å²) in [5.74, 6) is -2.48. The molecule has 0 radical (unpaired) electrons. The second-order valence-corrected chi connectivity index (χ2v) is 4.02. The average Bonchev–Trinajstić information content (AvgIpc) is 2.50. The molecule has 0 bridgehead atoms. The lowest BCUT2D eigenvalue weighted by molar-refractivity contribution is -0.114. The summed E-state index contributed by atoms with van der Waals surface area (Å²) in [7, 11) is 0. The van der Waals surface area contributed by atoms with E-state index < -0.39 is 29.0 Å². The Kier molecular flexibility index (Phi) is 9.80. The van der Waals surface area contributed by atoms with Crippen LogP contribution in [-0.2, 0) is 4.79 Å². The molecule has 23 heavy (non-hydrogen) atoms. The monoisotopic (exact) mass is 440 g/mol. The second-order valence-electron chi connectivity index (χ2n) is 4.02. The first-order valence-corrected chi connectivity index (χ1v) is 6.38. The van der Waals surface area contributed by atoms with E-state index in [1.807, 2.05) is 6.92 Å². The Labute approximate surface area is 149 Å². The number of carbonyl (C=O) groups is 1. The van der Waals surface area contributed by atoms with Crippen molar-refractivity contribution in [3.05, 3.63) is 29.6 Å². The minimum atomic E-state index is -1.65. The molecule has 1 rings (SSSR count). The van der Waals surface area contributed by atoms with Gasteiger partial charge in [-0.25, -0.2) is 18.2 Å². The van der Waals surface area contributed by atoms with Gasteiger partial charge >= 0.3 is 0 Å². The molecule has 0 aliphatic carbocycles. The predicted molar refractivity (Wildman–Crippen MR) is 93.2 cm³/mol. The molecule has 0 atom stereocenters. The number of amides is 1. The maximum atomic E-state index is 13.4. The Balaban J connectivity index is 0.00000484. The second kappa shape index (κ2) is 10.7. The third-order valence-electron chi connectivity index (χ3n) is 2.39. The zero-order chi connectivity index (χ0) is 16.5. The highest BCUT2D eigenvalue weighted by atomic mass is 127. The number of aliphatic imine (C=N–C) groups is 1. The average molecular weight is 440 g/mol. The third kappa shape index (κ3) is 6.77. The van der Waals surface area contributed by atoms with Gasteiger partial charge in [0.05, 0.1) is 12.2 Å². The molecule has 3 N–H and O–H groups in total. The molecule has 0 aliphatic rings. The number of halogens is 4. The van der Waals surface area contributed by atoms with Crippen molar-refractivity contribution in [2.45, 2.75) is 6.92 Å². The number of carbonyl (C=O) groups excluding carboxylic acids is 1. The van der Waals surface area contributed by atoms with Crippen LogP contribution in [0.1, 0.15) is 6.92 Å². The number of nitrogens with zero attached hydrogens (tertiary/aromatic N) is 1. The molecule has 0 aromatic heterocycles. The fourth-order valence-electron chi connectivity index (χ4n) is 1.44. The molecule has 5 nitrogen and oxygen atoms in total. The van der Waals surface area contributed by atoms with Gasteiger partial charge in [0.1, 0.15) is 6.54 Å². The van der Waals surface area contributed by atoms with Gasteiger partial charge in [-0.2, -0.15) is 0 Å². The Morgan fingerprint density at radius 3 is 2.57 bits per heavy atom. The molecule has 9 heteroatoms. The molecule has 0 heterocycles. The smallest absolute Gasteiger partial charge is 0.246 e. The van der Waals surface area contributed by atoms with Crippen molar-refractivity contribution >= 4 is 41.5 Å². The van der Waals surface area contributed by atoms with Gasteiger partial charge < -0.3 is 16.0 Å². The van der Waals surface area contributed by atoms with Crippen molar-refractivity contribution in [1.29, 1.82) is 0 Å². The van der Waals surface area contributed by atoms with E-state index in [9.17, 15) is 18.0 Å². The number of anilines is 1. The number of rotatable bonds is 5. The van der Waals surface area contributed by atoms with Crippen LogP contribution < -0.4 is 16.0 Å². The molecular weight excluding hydrogens is 424 g/mol. The molecule has 0 aliphatic heterocycles. The van der Waals surface area contributed by atoms with E-state index >= 15 is 0 Å². The number of hydrogen-bond acceptors (Lipinski definition) is 2. The minimum absolute atomic E-state index is 0. The van der Waals surface area contributed by atoms with Crippen molar-refractivity contribution < 1.29 is 18.0 Å². The van der Waals surface area contributed by atoms with Crippen LogP contribution in [0.2, 0.25) is 0 Å². The number of nitrogens with one attached hydrogen (secondary N) is 3. The quantitative estimate of drug-likeness (QED) is 0.215. The van der Waals surface area contributed by atoms with E-state index in [2.05, 4.69) is 26.9 Å². The van der Waals surface area contributed by atoms with Gasteiger partial charge in [-0.1, -0.05) is 5.92 Å². The van der Waals surface area contributed by atoms with E-state index in [0.717, 1.165) is 12.1 Å². The van der Waals surface area contributed by atoms with Gasteiger partial charge in [0.15, 0.2) is 23.4 Å². The van der Waals surface area contributed by atoms with Crippen molar-refractivity contribution in [3.8, 4) is 12.3 Å². The molecule has 1 amide bonds. The van der Waals surface area contributed by atoms with Gasteiger partial charge in [0.2, 0.25) is 5.91 Å². The van der Waals surface area contributed by atoms with Crippen LogP contribution in [0.4, 0.5) is 18.9 Å². The third-order valence-corrected chi connectivity index (χ3v) is 2.39. The van der Waals surface area contributed by atoms with E-state index in [-0.39, 0.29) is 37.1 Å². The summed E-state index contributed by atoms with van der Waals surface area (Å²) >= 11 is 0. The van der Waals surface area contributed by atoms with E-state index in [4.69, 9.17) is 6.42 Å². The molecular formula is C14H16F3IN4O. The summed E-state index contributed by atoms with van der Waals surface area (Å²) in [4.78, 5) is 15.6. The number of terminal acetylenes is 1. The molecule has 0 fully saturated rings. The summed E-state index contributed by atoms with van der Waals surface area (Å²) in [6.07, 6.45) is 5.09. The number of benzene rings is 1. The lowest BCUT2D eigenvalue weighted by atomic mass is 10.3. The zero-order valence-corrected chi connectivity index (χ0v) is 14.6. The highest BCUT2D eigenvalue weighted by Gasteiger charge is 2.15. The highest BCUT2D eigenvalue weighted by molar-refractivity contribution is 14.0. The van der Waals surface area contributed by atoms with Gasteiger partial charge in [0.25, 0.3) is 0 Å². The Hall–Kier alpha value is -1.96. The number of hydrogen-bond donors (Lipinski definition) is 3. The van der Waals surface area contributed by atoms with Gasteiger partial charge in [-0.3, -0.25) is 4.79 Å². The zero-order valence-electron chi connectivity index (χ0n) is 12.3. The van der Waals surface area contributed by atoms with E-state index in [1.165, 1.54) is 0 Å². The first kappa shape index (κ1) is 21.0. The summed E-state index contributed by atoms with van der Waals surface area (Å²) < 4.78 is 39.2. The van der Waals surface area contributed by atoms with Crippen molar-refractivity contribution in [2.75, 3.05) is 25.0 Å². The van der Waals surface area contributed by atoms with E-state index in [0.29, 0.717) is 12.5 Å². The number of guanidine groups is 1. The maximum absolute atomic E-state index is 13.4. The van der Waals surface area contributed by atoms with Gasteiger partial charge in [-0.05, 0) is 19.1 Å². The maximum Gasteiger partial charge on any atom is 0.246 e. The summed E-state index contributed by atoms with van der Waals surface area (Å²) in [6, 6.07) is 1.65. The van der Waals surface area contributed by atoms with Crippen LogP contribution in [0.3, 0.4) is 0 Å². The van der Waals surface area contributed by atoms with E-state index in [1.54, 1.807) is 0 Å². The molecule has 126 valence electrons. The first-order chi connectivity index (χ1) is 10.5. The fourth-order valence-corrected chi connectivity index (χ4v) is 1.44. The summed E-state index contributed by atoms with van der Waals surface area (Å²) in [6.45, 7) is 2.24. The first-order valence-electron chi connectivity index (χ1n) is 6.38. The van der Waals surface area contributed by atoms with Crippen LogP contribution in [0.5, 0.6) is 0 Å². The molecule has 1 aromatic rings. The van der Waals surface area contributed by atoms with Crippen molar-refractivity contribution in [1.82, 2.24) is 10.6 Å². The summed E-state index contributed by atoms with van der Waals surface area (Å²) in [5, 5.41) is 7.71. The SMILES string of the molecule is C#CCNC(=NCC(=O)Nc1ccc(F)c(F)c1F)NCC.I. The van der Waals surface area contributed by atoms with Crippen LogP contribution >= 0.6 is 24.0 Å². The predicted octanol–water partition coefficient (Wildman–Crippen LogP) is 1.85. The molecule has 1 aromatic carbocycles. The minimum Gasteiger partial charge on any atom is -0.357 e. The Morgan fingerprint density at radius 1 is 1.26 bits per heavy atom. The molecule has 0 saturated carbocycles. The lowest BCUT2D eigenvalue weighted by Crippen LogP contribution is -2.38. The van der Waals surface area contributed by atoms with Crippen molar-refractivity contribution in [3.63, 3.8) is 0 Å². The van der Waals surface area contributed by atoms with Crippen molar-refractivity contribution in [2.24, 2.45) is 4.99 Å². The molecule has 0 unspecified atom stereocenters. The summed E-state index contributed by atoms with van der Waals surface area (Å²) in [5.41, 5.74) is -0.458. The molecule has 0 spiro atoms. The normalized spacial score (nSPS) is 10.3. The van der Waals surface area contributed by atoms with Crippen LogP contribution in [-0.4, -0.2) is 31.5 Å². The fraction of sp³-hybridized carbons (Fsp3) is 0.286. The van der Waals surface area contributed by atoms with Crippen LogP contribution in [0, 0.1) is 29.8 Å². The molecule has 0 saturated heterocycles. The largest absolute Gasteiger partial charge is 0.357 e. The van der Waals surface area contributed by atoms with Gasteiger partial charge in [-0.15, -0.1) is 30.4 Å². The lowest BCUT2D eigenvalue weighted by Gasteiger charge is -2.09. The van der Waals surface area contributed by atoms with Crippen LogP contribution in [0.25, 0.3) is 0 Å². The Bertz CT molecular complexity index is 617. The topological polar surface area (TPSA) is 65.5 Å². The standard InChI is InChI=1S/C14H15F3N4O.HI/c1-3-7-19-14(18-4-2)20-8-11(22)21-10-6-5-9(15)12(16)13(10)17;/h1,5-6H,4,7-8H2,2H3,(H,21,22)(H2,18,19,20);1H. The van der Waals surface area contributed by atoms with Crippen LogP contribution in [0.15, 0.2) is 17.1 Å².